The quantitative estimate of drug-likeness (QED) is 0.839. The van der Waals surface area contributed by atoms with Crippen LogP contribution in [0.4, 0.5) is 4.39 Å². The third kappa shape index (κ3) is 3.39. The van der Waals surface area contributed by atoms with E-state index in [1.54, 1.807) is 23.5 Å². The number of nitrogens with zero attached hydrogens (tertiary/aromatic N) is 1. The molecule has 0 saturated carbocycles. The average molecular weight is 260 g/mol. The molecule has 0 atom stereocenters. The average Bonchev–Trinajstić information content (AvgIpc) is 2.89. The van der Waals surface area contributed by atoms with Gasteiger partial charge in [-0.25, -0.2) is 4.39 Å². The molecule has 4 heteroatoms. The van der Waals surface area contributed by atoms with Crippen molar-refractivity contribution in [3.05, 3.63) is 57.5 Å². The van der Waals surface area contributed by atoms with E-state index in [0.717, 1.165) is 18.5 Å². The molecule has 1 aromatic carbocycles. The normalized spacial score (nSPS) is 10.2. The summed E-state index contributed by atoms with van der Waals surface area (Å²) >= 11 is 1.70. The van der Waals surface area contributed by atoms with Crippen molar-refractivity contribution in [2.75, 3.05) is 6.54 Å². The fraction of sp³-hybridized carbons (Fsp3) is 0.214. The molecule has 0 spiro atoms. The van der Waals surface area contributed by atoms with Crippen LogP contribution in [0.25, 0.3) is 0 Å². The van der Waals surface area contributed by atoms with Crippen LogP contribution in [0.15, 0.2) is 35.0 Å². The van der Waals surface area contributed by atoms with Crippen LogP contribution in [-0.2, 0) is 13.0 Å². The highest BCUT2D eigenvalue weighted by atomic mass is 32.1. The molecule has 0 aliphatic rings. The van der Waals surface area contributed by atoms with Crippen molar-refractivity contribution in [2.24, 2.45) is 0 Å². The lowest BCUT2D eigenvalue weighted by atomic mass is 10.1. The monoisotopic (exact) mass is 260 g/mol. The van der Waals surface area contributed by atoms with Crippen LogP contribution >= 0.6 is 11.3 Å². The summed E-state index contributed by atoms with van der Waals surface area (Å²) in [7, 11) is 0. The van der Waals surface area contributed by atoms with Gasteiger partial charge in [-0.05, 0) is 53.1 Å². The SMILES string of the molecule is N#Cc1cc(CNCCc2ccsc2)ccc1F. The Morgan fingerprint density at radius 3 is 2.89 bits per heavy atom. The van der Waals surface area contributed by atoms with Crippen LogP contribution in [0.3, 0.4) is 0 Å². The van der Waals surface area contributed by atoms with Gasteiger partial charge >= 0.3 is 0 Å². The second kappa shape index (κ2) is 6.29. The molecule has 0 bridgehead atoms. The Balaban J connectivity index is 1.82. The topological polar surface area (TPSA) is 35.8 Å². The lowest BCUT2D eigenvalue weighted by Crippen LogP contribution is -2.16. The maximum atomic E-state index is 13.1. The van der Waals surface area contributed by atoms with Crippen LogP contribution < -0.4 is 5.32 Å². The van der Waals surface area contributed by atoms with Crippen LogP contribution in [0.5, 0.6) is 0 Å². The van der Waals surface area contributed by atoms with Crippen LogP contribution in [0, 0.1) is 17.1 Å². The predicted octanol–water partition coefficient (Wildman–Crippen LogP) is 3.09. The Morgan fingerprint density at radius 1 is 1.28 bits per heavy atom. The Kier molecular flexibility index (Phi) is 4.46. The molecule has 1 heterocycles. The molecule has 18 heavy (non-hydrogen) atoms. The van der Waals surface area contributed by atoms with E-state index in [0.29, 0.717) is 6.54 Å². The van der Waals surface area contributed by atoms with Crippen LogP contribution in [0.1, 0.15) is 16.7 Å². The predicted molar refractivity (Wildman–Crippen MR) is 70.8 cm³/mol. The first-order chi connectivity index (χ1) is 8.79. The number of nitriles is 1. The largest absolute Gasteiger partial charge is 0.312 e. The van der Waals surface area contributed by atoms with Crippen LogP contribution in [-0.4, -0.2) is 6.54 Å². The fourth-order valence-corrected chi connectivity index (χ4v) is 2.37. The maximum absolute atomic E-state index is 13.1. The number of rotatable bonds is 5. The van der Waals surface area contributed by atoms with E-state index in [4.69, 9.17) is 5.26 Å². The molecule has 0 aliphatic carbocycles. The van der Waals surface area contributed by atoms with Gasteiger partial charge in [0.1, 0.15) is 11.9 Å². The minimum absolute atomic E-state index is 0.104. The zero-order chi connectivity index (χ0) is 12.8. The van der Waals surface area contributed by atoms with Crippen molar-refractivity contribution >= 4 is 11.3 Å². The van der Waals surface area contributed by atoms with E-state index < -0.39 is 5.82 Å². The molecule has 0 unspecified atom stereocenters. The van der Waals surface area contributed by atoms with Gasteiger partial charge in [0.15, 0.2) is 0 Å². The van der Waals surface area contributed by atoms with Crippen LogP contribution in [0.2, 0.25) is 0 Å². The minimum Gasteiger partial charge on any atom is -0.312 e. The third-order valence-corrected chi connectivity index (χ3v) is 3.38. The molecule has 92 valence electrons. The summed E-state index contributed by atoms with van der Waals surface area (Å²) in [6, 6.07) is 8.59. The van der Waals surface area contributed by atoms with E-state index >= 15 is 0 Å². The highest BCUT2D eigenvalue weighted by Gasteiger charge is 2.02. The molecular weight excluding hydrogens is 247 g/mol. The van der Waals surface area contributed by atoms with Gasteiger partial charge in [0.25, 0.3) is 0 Å². The summed E-state index contributed by atoms with van der Waals surface area (Å²) in [5.74, 6) is -0.459. The fourth-order valence-electron chi connectivity index (χ4n) is 1.67. The Morgan fingerprint density at radius 2 is 2.17 bits per heavy atom. The van der Waals surface area contributed by atoms with Gasteiger partial charge in [-0.15, -0.1) is 0 Å². The Bertz CT molecular complexity index is 543. The molecule has 2 nitrogen and oxygen atoms in total. The summed E-state index contributed by atoms with van der Waals surface area (Å²) in [5.41, 5.74) is 2.36. The smallest absolute Gasteiger partial charge is 0.140 e. The van der Waals surface area contributed by atoms with E-state index in [1.165, 1.54) is 11.6 Å². The van der Waals surface area contributed by atoms with Gasteiger partial charge < -0.3 is 5.32 Å². The van der Waals surface area contributed by atoms with Gasteiger partial charge in [-0.2, -0.15) is 16.6 Å². The lowest BCUT2D eigenvalue weighted by Gasteiger charge is -2.05. The highest BCUT2D eigenvalue weighted by Crippen LogP contribution is 2.09. The van der Waals surface area contributed by atoms with Crippen molar-refractivity contribution < 1.29 is 4.39 Å². The number of nitrogens with one attached hydrogen (secondary N) is 1. The van der Waals surface area contributed by atoms with Gasteiger partial charge in [0.05, 0.1) is 5.56 Å². The van der Waals surface area contributed by atoms with E-state index in [1.807, 2.05) is 6.07 Å². The summed E-state index contributed by atoms with van der Waals surface area (Å²) in [6.07, 6.45) is 0.982. The summed E-state index contributed by atoms with van der Waals surface area (Å²) in [4.78, 5) is 0. The number of halogens is 1. The lowest BCUT2D eigenvalue weighted by molar-refractivity contribution is 0.621. The first kappa shape index (κ1) is 12.7. The molecule has 0 fully saturated rings. The molecule has 0 amide bonds. The van der Waals surface area contributed by atoms with Crippen molar-refractivity contribution in [3.63, 3.8) is 0 Å². The number of benzene rings is 1. The van der Waals surface area contributed by atoms with Crippen molar-refractivity contribution in [1.82, 2.24) is 5.32 Å². The van der Waals surface area contributed by atoms with Crippen molar-refractivity contribution in [2.45, 2.75) is 13.0 Å². The molecule has 2 aromatic rings. The van der Waals surface area contributed by atoms with Gasteiger partial charge in [-0.1, -0.05) is 6.07 Å². The Hall–Kier alpha value is -1.70. The van der Waals surface area contributed by atoms with E-state index in [9.17, 15) is 4.39 Å². The molecular formula is C14H13FN2S. The second-order valence-corrected chi connectivity index (χ2v) is 4.76. The van der Waals surface area contributed by atoms with Gasteiger partial charge in [0.2, 0.25) is 0 Å². The highest BCUT2D eigenvalue weighted by molar-refractivity contribution is 7.07. The number of hydrogen-bond acceptors (Lipinski definition) is 3. The van der Waals surface area contributed by atoms with E-state index in [2.05, 4.69) is 22.1 Å². The summed E-state index contributed by atoms with van der Waals surface area (Å²) < 4.78 is 13.1. The molecule has 1 aromatic heterocycles. The molecule has 2 rings (SSSR count). The Labute approximate surface area is 110 Å². The van der Waals surface area contributed by atoms with Crippen molar-refractivity contribution in [3.8, 4) is 6.07 Å². The first-order valence-electron chi connectivity index (χ1n) is 5.70. The third-order valence-electron chi connectivity index (χ3n) is 2.65. The first-order valence-corrected chi connectivity index (χ1v) is 6.64. The standard InChI is InChI=1S/C14H13FN2S/c15-14-2-1-12(7-13(14)8-16)9-17-5-3-11-4-6-18-10-11/h1-2,4,6-7,10,17H,3,5,9H2. The minimum atomic E-state index is -0.459. The molecule has 0 radical (unpaired) electrons. The van der Waals surface area contributed by atoms with Gasteiger partial charge in [-0.3, -0.25) is 0 Å². The number of hydrogen-bond donors (Lipinski definition) is 1. The molecule has 1 N–H and O–H groups in total. The summed E-state index contributed by atoms with van der Waals surface area (Å²) in [6.45, 7) is 1.52. The molecule has 0 saturated heterocycles. The van der Waals surface area contributed by atoms with Gasteiger partial charge in [0, 0.05) is 6.54 Å². The number of thiophene rings is 1. The maximum Gasteiger partial charge on any atom is 0.140 e. The molecule has 0 aliphatic heterocycles. The van der Waals surface area contributed by atoms with Crippen molar-refractivity contribution in [1.29, 1.82) is 5.26 Å². The zero-order valence-corrected chi connectivity index (χ0v) is 10.6. The zero-order valence-electron chi connectivity index (χ0n) is 9.82. The summed E-state index contributed by atoms with van der Waals surface area (Å²) in [5, 5.41) is 16.2. The second-order valence-electron chi connectivity index (χ2n) is 3.98. The van der Waals surface area contributed by atoms with E-state index in [-0.39, 0.29) is 5.56 Å².